The third-order valence-corrected chi connectivity index (χ3v) is 6.88. The summed E-state index contributed by atoms with van der Waals surface area (Å²) in [4.78, 5) is 24.7. The lowest BCUT2D eigenvalue weighted by Gasteiger charge is -2.25. The number of hydrogen-bond acceptors (Lipinski definition) is 6. The molecule has 2 aromatic rings. The monoisotopic (exact) mass is 446 g/mol. The van der Waals surface area contributed by atoms with Gasteiger partial charge in [0.25, 0.3) is 5.91 Å². The SMILES string of the molecule is COc1ccc(C)cc1NC(=O)COC(=O)c1cccc(S(=O)(=O)N2CCCCC2)c1. The molecular formula is C22H26N2O6S. The Bertz CT molecular complexity index is 1060. The number of rotatable bonds is 7. The smallest absolute Gasteiger partial charge is 0.338 e. The number of esters is 1. The molecule has 0 aliphatic carbocycles. The highest BCUT2D eigenvalue weighted by molar-refractivity contribution is 7.89. The van der Waals surface area contributed by atoms with Crippen LogP contribution < -0.4 is 10.1 Å². The van der Waals surface area contributed by atoms with Gasteiger partial charge in [0.2, 0.25) is 10.0 Å². The van der Waals surface area contributed by atoms with Gasteiger partial charge in [-0.3, -0.25) is 4.79 Å². The first kappa shape index (κ1) is 22.8. The molecule has 0 bridgehead atoms. The Morgan fingerprint density at radius 2 is 1.81 bits per heavy atom. The summed E-state index contributed by atoms with van der Waals surface area (Å²) in [5.74, 6) is -0.822. The van der Waals surface area contributed by atoms with Crippen LogP contribution in [0.15, 0.2) is 47.4 Å². The normalized spacial score (nSPS) is 14.6. The van der Waals surface area contributed by atoms with Crippen LogP contribution in [0.5, 0.6) is 5.75 Å². The summed E-state index contributed by atoms with van der Waals surface area (Å²) in [6.07, 6.45) is 2.65. The quantitative estimate of drug-likeness (QED) is 0.656. The molecule has 0 spiro atoms. The number of anilines is 1. The molecule has 0 saturated carbocycles. The molecule has 2 aromatic carbocycles. The van der Waals surface area contributed by atoms with Crippen molar-refractivity contribution in [1.29, 1.82) is 0 Å². The Kier molecular flexibility index (Phi) is 7.29. The summed E-state index contributed by atoms with van der Waals surface area (Å²) in [7, 11) is -2.18. The molecule has 0 aromatic heterocycles. The average molecular weight is 447 g/mol. The molecular weight excluding hydrogens is 420 g/mol. The number of hydrogen-bond donors (Lipinski definition) is 1. The van der Waals surface area contributed by atoms with Gasteiger partial charge in [-0.15, -0.1) is 0 Å². The van der Waals surface area contributed by atoms with E-state index in [1.54, 1.807) is 12.1 Å². The number of nitrogens with one attached hydrogen (secondary N) is 1. The number of sulfonamides is 1. The van der Waals surface area contributed by atoms with Crippen LogP contribution in [0.4, 0.5) is 5.69 Å². The lowest BCUT2D eigenvalue weighted by Crippen LogP contribution is -2.35. The summed E-state index contributed by atoms with van der Waals surface area (Å²) in [5.41, 5.74) is 1.47. The summed E-state index contributed by atoms with van der Waals surface area (Å²) in [6, 6.07) is 11.0. The van der Waals surface area contributed by atoms with Gasteiger partial charge in [-0.25, -0.2) is 13.2 Å². The first-order chi connectivity index (χ1) is 14.8. The largest absolute Gasteiger partial charge is 0.495 e. The standard InChI is InChI=1S/C22H26N2O6S/c1-16-9-10-20(29-2)19(13-16)23-21(25)15-30-22(26)17-7-6-8-18(14-17)31(27,28)24-11-4-3-5-12-24/h6-10,13-14H,3-5,11-12,15H2,1-2H3,(H,23,25). The van der Waals surface area contributed by atoms with E-state index in [0.29, 0.717) is 24.5 Å². The second-order valence-electron chi connectivity index (χ2n) is 7.32. The molecule has 1 amide bonds. The van der Waals surface area contributed by atoms with Gasteiger partial charge in [-0.2, -0.15) is 4.31 Å². The fourth-order valence-electron chi connectivity index (χ4n) is 3.36. The van der Waals surface area contributed by atoms with Gasteiger partial charge < -0.3 is 14.8 Å². The summed E-state index contributed by atoms with van der Waals surface area (Å²) in [6.45, 7) is 2.30. The fraction of sp³-hybridized carbons (Fsp3) is 0.364. The highest BCUT2D eigenvalue weighted by Gasteiger charge is 2.26. The van der Waals surface area contributed by atoms with Gasteiger partial charge in [0.15, 0.2) is 6.61 Å². The number of piperidine rings is 1. The number of carbonyl (C=O) groups excluding carboxylic acids is 2. The van der Waals surface area contributed by atoms with Crippen LogP contribution >= 0.6 is 0 Å². The van der Waals surface area contributed by atoms with Gasteiger partial charge in [-0.05, 0) is 55.7 Å². The van der Waals surface area contributed by atoms with Crippen molar-refractivity contribution in [3.05, 3.63) is 53.6 Å². The molecule has 1 aliphatic rings. The number of carbonyl (C=O) groups is 2. The molecule has 1 heterocycles. The molecule has 0 radical (unpaired) electrons. The van der Waals surface area contributed by atoms with Crippen molar-refractivity contribution < 1.29 is 27.5 Å². The second-order valence-corrected chi connectivity index (χ2v) is 9.26. The number of amides is 1. The molecule has 0 unspecified atom stereocenters. The molecule has 1 saturated heterocycles. The molecule has 9 heteroatoms. The minimum atomic E-state index is -3.67. The van der Waals surface area contributed by atoms with Crippen LogP contribution in [0.2, 0.25) is 0 Å². The fourth-order valence-corrected chi connectivity index (χ4v) is 4.92. The van der Waals surface area contributed by atoms with Gasteiger partial charge >= 0.3 is 5.97 Å². The zero-order valence-electron chi connectivity index (χ0n) is 17.6. The van der Waals surface area contributed by atoms with E-state index in [4.69, 9.17) is 9.47 Å². The zero-order chi connectivity index (χ0) is 22.4. The zero-order valence-corrected chi connectivity index (χ0v) is 18.4. The minimum Gasteiger partial charge on any atom is -0.495 e. The first-order valence-corrected chi connectivity index (χ1v) is 11.5. The number of aryl methyl sites for hydroxylation is 1. The molecule has 0 atom stereocenters. The number of ether oxygens (including phenoxy) is 2. The Hall–Kier alpha value is -2.91. The van der Waals surface area contributed by atoms with E-state index in [-0.39, 0.29) is 10.5 Å². The Morgan fingerprint density at radius 1 is 1.06 bits per heavy atom. The van der Waals surface area contributed by atoms with E-state index in [0.717, 1.165) is 24.8 Å². The number of methoxy groups -OCH3 is 1. The highest BCUT2D eigenvalue weighted by atomic mass is 32.2. The van der Waals surface area contributed by atoms with Gasteiger partial charge in [0.1, 0.15) is 5.75 Å². The Balaban J connectivity index is 1.64. The van der Waals surface area contributed by atoms with E-state index >= 15 is 0 Å². The maximum Gasteiger partial charge on any atom is 0.338 e. The van der Waals surface area contributed by atoms with Crippen LogP contribution in [0.25, 0.3) is 0 Å². The van der Waals surface area contributed by atoms with Crippen molar-refractivity contribution in [2.75, 3.05) is 32.1 Å². The third kappa shape index (κ3) is 5.62. The lowest BCUT2D eigenvalue weighted by molar-refractivity contribution is -0.119. The first-order valence-electron chi connectivity index (χ1n) is 10.0. The van der Waals surface area contributed by atoms with Crippen molar-refractivity contribution in [2.45, 2.75) is 31.1 Å². The molecule has 31 heavy (non-hydrogen) atoms. The Morgan fingerprint density at radius 3 is 2.52 bits per heavy atom. The Labute approximate surface area is 182 Å². The van der Waals surface area contributed by atoms with Crippen LogP contribution in [0.1, 0.15) is 35.2 Å². The molecule has 8 nitrogen and oxygen atoms in total. The molecule has 1 N–H and O–H groups in total. The lowest BCUT2D eigenvalue weighted by atomic mass is 10.2. The highest BCUT2D eigenvalue weighted by Crippen LogP contribution is 2.25. The van der Waals surface area contributed by atoms with Crippen molar-refractivity contribution in [1.82, 2.24) is 4.31 Å². The predicted molar refractivity (Wildman–Crippen MR) is 116 cm³/mol. The molecule has 1 fully saturated rings. The van der Waals surface area contributed by atoms with Crippen molar-refractivity contribution in [3.8, 4) is 5.75 Å². The van der Waals surface area contributed by atoms with Crippen molar-refractivity contribution >= 4 is 27.6 Å². The minimum absolute atomic E-state index is 0.0396. The molecule has 1 aliphatic heterocycles. The van der Waals surface area contributed by atoms with Crippen LogP contribution in [-0.4, -0.2) is 51.4 Å². The van der Waals surface area contributed by atoms with E-state index in [2.05, 4.69) is 5.32 Å². The van der Waals surface area contributed by atoms with Gasteiger partial charge in [-0.1, -0.05) is 18.6 Å². The second kappa shape index (κ2) is 9.93. The van der Waals surface area contributed by atoms with Crippen LogP contribution in [0.3, 0.4) is 0 Å². The summed E-state index contributed by atoms with van der Waals surface area (Å²) < 4.78 is 37.4. The van der Waals surface area contributed by atoms with E-state index < -0.39 is 28.5 Å². The van der Waals surface area contributed by atoms with E-state index in [1.165, 1.54) is 35.7 Å². The van der Waals surface area contributed by atoms with Gasteiger partial charge in [0.05, 0.1) is 23.3 Å². The van der Waals surface area contributed by atoms with E-state index in [9.17, 15) is 18.0 Å². The molecule has 166 valence electrons. The third-order valence-electron chi connectivity index (χ3n) is 4.99. The summed E-state index contributed by atoms with van der Waals surface area (Å²) in [5, 5.41) is 2.64. The maximum absolute atomic E-state index is 12.8. The van der Waals surface area contributed by atoms with Gasteiger partial charge in [0, 0.05) is 13.1 Å². The number of nitrogens with zero attached hydrogens (tertiary/aromatic N) is 1. The summed E-state index contributed by atoms with van der Waals surface area (Å²) >= 11 is 0. The number of benzene rings is 2. The van der Waals surface area contributed by atoms with Crippen LogP contribution in [-0.2, 0) is 19.6 Å². The molecule has 3 rings (SSSR count). The predicted octanol–water partition coefficient (Wildman–Crippen LogP) is 2.97. The van der Waals surface area contributed by atoms with Crippen LogP contribution in [0, 0.1) is 6.92 Å². The maximum atomic E-state index is 12.8. The topological polar surface area (TPSA) is 102 Å². The van der Waals surface area contributed by atoms with Crippen molar-refractivity contribution in [2.24, 2.45) is 0 Å². The average Bonchev–Trinajstić information content (AvgIpc) is 2.78. The van der Waals surface area contributed by atoms with E-state index in [1.807, 2.05) is 13.0 Å². The van der Waals surface area contributed by atoms with Crippen molar-refractivity contribution in [3.63, 3.8) is 0 Å².